The van der Waals surface area contributed by atoms with E-state index in [0.717, 1.165) is 43.3 Å². The minimum atomic E-state index is -0.654. The van der Waals surface area contributed by atoms with Gasteiger partial charge in [0.15, 0.2) is 0 Å². The van der Waals surface area contributed by atoms with E-state index in [0.29, 0.717) is 30.6 Å². The van der Waals surface area contributed by atoms with Crippen LogP contribution in [-0.4, -0.2) is 33.1 Å². The molecule has 3 aliphatic rings. The largest absolute Gasteiger partial charge is 0.393 e. The Bertz CT molecular complexity index is 792. The zero-order valence-electron chi connectivity index (χ0n) is 20.6. The molecule has 7 atom stereocenters. The van der Waals surface area contributed by atoms with Gasteiger partial charge in [0, 0.05) is 12.3 Å². The van der Waals surface area contributed by atoms with Gasteiger partial charge in [0.2, 0.25) is 0 Å². The van der Waals surface area contributed by atoms with Crippen LogP contribution in [0.4, 0.5) is 0 Å². The van der Waals surface area contributed by atoms with Crippen molar-refractivity contribution in [1.29, 1.82) is 0 Å². The van der Waals surface area contributed by atoms with Crippen molar-refractivity contribution < 1.29 is 15.3 Å². The summed E-state index contributed by atoms with van der Waals surface area (Å²) in [4.78, 5) is 0. The van der Waals surface area contributed by atoms with Crippen LogP contribution in [0.15, 0.2) is 35.5 Å². The molecule has 3 heteroatoms. The van der Waals surface area contributed by atoms with E-state index in [-0.39, 0.29) is 11.3 Å². The Morgan fingerprint density at radius 3 is 2.62 bits per heavy atom. The zero-order chi connectivity index (χ0) is 23.7. The summed E-state index contributed by atoms with van der Waals surface area (Å²) in [5.74, 6) is 5.13. The molecular formula is C29H44O3. The van der Waals surface area contributed by atoms with Crippen LogP contribution in [0.5, 0.6) is 0 Å². The van der Waals surface area contributed by atoms with Gasteiger partial charge >= 0.3 is 0 Å². The molecule has 0 saturated heterocycles. The summed E-state index contributed by atoms with van der Waals surface area (Å²) < 4.78 is 0. The molecule has 0 heterocycles. The number of terminal acetylenes is 1. The van der Waals surface area contributed by atoms with Gasteiger partial charge in [0.25, 0.3) is 0 Å². The SMILES string of the molecule is C#C[C@H]1C/C(=C\C=C2/C[C@@H](O)C[C@H](O)C2=C)[C@@H]2CC[C@H]([C@H](C)CCCC(C)(C)O)[C@@]2(C)C1. The zero-order valence-corrected chi connectivity index (χ0v) is 20.6. The van der Waals surface area contributed by atoms with Crippen LogP contribution in [0.25, 0.3) is 0 Å². The van der Waals surface area contributed by atoms with Crippen molar-refractivity contribution in [2.45, 2.75) is 103 Å². The first-order valence-electron chi connectivity index (χ1n) is 12.6. The van der Waals surface area contributed by atoms with Gasteiger partial charge in [-0.05, 0) is 86.7 Å². The van der Waals surface area contributed by atoms with Gasteiger partial charge < -0.3 is 15.3 Å². The molecule has 0 amide bonds. The molecule has 0 radical (unpaired) electrons. The van der Waals surface area contributed by atoms with Gasteiger partial charge in [-0.25, -0.2) is 0 Å². The van der Waals surface area contributed by atoms with E-state index in [9.17, 15) is 15.3 Å². The molecule has 178 valence electrons. The molecule has 0 aromatic carbocycles. The second-order valence-electron chi connectivity index (χ2n) is 11.8. The average molecular weight is 441 g/mol. The molecule has 3 saturated carbocycles. The number of allylic oxidation sites excluding steroid dienone is 3. The van der Waals surface area contributed by atoms with Crippen LogP contribution in [0.3, 0.4) is 0 Å². The van der Waals surface area contributed by atoms with Crippen LogP contribution >= 0.6 is 0 Å². The van der Waals surface area contributed by atoms with Gasteiger partial charge in [-0.15, -0.1) is 12.3 Å². The summed E-state index contributed by atoms with van der Waals surface area (Å²) in [7, 11) is 0. The van der Waals surface area contributed by atoms with E-state index in [1.54, 1.807) is 0 Å². The fraction of sp³-hybridized carbons (Fsp3) is 0.724. The quantitative estimate of drug-likeness (QED) is 0.474. The van der Waals surface area contributed by atoms with E-state index in [4.69, 9.17) is 6.42 Å². The minimum absolute atomic E-state index is 0.205. The maximum Gasteiger partial charge on any atom is 0.0811 e. The number of hydrogen-bond acceptors (Lipinski definition) is 3. The van der Waals surface area contributed by atoms with Crippen molar-refractivity contribution in [2.75, 3.05) is 0 Å². The third kappa shape index (κ3) is 5.58. The molecule has 32 heavy (non-hydrogen) atoms. The Morgan fingerprint density at radius 1 is 1.25 bits per heavy atom. The number of fused-ring (bicyclic) bond motifs is 1. The lowest BCUT2D eigenvalue weighted by Gasteiger charge is -2.46. The molecular weight excluding hydrogens is 396 g/mol. The molecule has 3 aliphatic carbocycles. The highest BCUT2D eigenvalue weighted by molar-refractivity contribution is 5.39. The average Bonchev–Trinajstić information content (AvgIpc) is 3.05. The van der Waals surface area contributed by atoms with Gasteiger partial charge in [-0.1, -0.05) is 51.0 Å². The van der Waals surface area contributed by atoms with Crippen LogP contribution < -0.4 is 0 Å². The van der Waals surface area contributed by atoms with Crippen LogP contribution in [0.1, 0.15) is 85.5 Å². The third-order valence-electron chi connectivity index (χ3n) is 8.66. The Morgan fingerprint density at radius 2 is 1.97 bits per heavy atom. The highest BCUT2D eigenvalue weighted by Crippen LogP contribution is 2.61. The number of aliphatic hydroxyl groups is 3. The summed E-state index contributed by atoms with van der Waals surface area (Å²) in [5.41, 5.74) is 2.75. The predicted octanol–water partition coefficient (Wildman–Crippen LogP) is 5.56. The summed E-state index contributed by atoms with van der Waals surface area (Å²) >= 11 is 0. The number of hydrogen-bond donors (Lipinski definition) is 3. The standard InChI is InChI=1S/C29H44O3/c1-7-21-15-23(11-10-22-16-24(30)17-27(31)20(22)3)26-13-12-25(29(26,6)18-21)19(2)9-8-14-28(4,5)32/h1,10-11,19,21,24-27,30-32H,3,8-9,12-18H2,2,4-6H3/b22-10+,23-11+/t19-,21+,24-,25-,26+,27+,29-/m1/s1. The lowest BCUT2D eigenvalue weighted by atomic mass is 9.58. The fourth-order valence-electron chi connectivity index (χ4n) is 6.96. The smallest absolute Gasteiger partial charge is 0.0811 e. The van der Waals surface area contributed by atoms with Crippen molar-refractivity contribution in [3.05, 3.63) is 35.5 Å². The maximum absolute atomic E-state index is 10.2. The summed E-state index contributed by atoms with van der Waals surface area (Å²) in [6, 6.07) is 0. The van der Waals surface area contributed by atoms with Crippen molar-refractivity contribution in [1.82, 2.24) is 0 Å². The molecule has 3 nitrogen and oxygen atoms in total. The Balaban J connectivity index is 1.79. The van der Waals surface area contributed by atoms with Crippen LogP contribution in [0.2, 0.25) is 0 Å². The fourth-order valence-corrected chi connectivity index (χ4v) is 6.96. The second kappa shape index (κ2) is 9.88. The Hall–Kier alpha value is -1.34. The molecule has 0 aliphatic heterocycles. The van der Waals surface area contributed by atoms with Gasteiger partial charge in [-0.3, -0.25) is 0 Å². The highest BCUT2D eigenvalue weighted by Gasteiger charge is 2.52. The summed E-state index contributed by atoms with van der Waals surface area (Å²) in [5, 5.41) is 30.3. The molecule has 0 aromatic rings. The number of aliphatic hydroxyl groups excluding tert-OH is 2. The monoisotopic (exact) mass is 440 g/mol. The van der Waals surface area contributed by atoms with Gasteiger partial charge in [-0.2, -0.15) is 0 Å². The summed E-state index contributed by atoms with van der Waals surface area (Å²) in [6.07, 6.45) is 17.6. The third-order valence-corrected chi connectivity index (χ3v) is 8.66. The summed E-state index contributed by atoms with van der Waals surface area (Å²) in [6.45, 7) is 12.7. The van der Waals surface area contributed by atoms with E-state index < -0.39 is 17.8 Å². The molecule has 3 fully saturated rings. The van der Waals surface area contributed by atoms with Crippen molar-refractivity contribution in [3.63, 3.8) is 0 Å². The Labute approximate surface area is 195 Å². The lowest BCUT2D eigenvalue weighted by Crippen LogP contribution is -2.39. The van der Waals surface area contributed by atoms with E-state index in [1.807, 2.05) is 13.8 Å². The molecule has 0 bridgehead atoms. The normalized spacial score (nSPS) is 39.2. The Kier molecular flexibility index (Phi) is 7.81. The first-order valence-corrected chi connectivity index (χ1v) is 12.6. The topological polar surface area (TPSA) is 60.7 Å². The van der Waals surface area contributed by atoms with Gasteiger partial charge in [0.1, 0.15) is 0 Å². The molecule has 0 unspecified atom stereocenters. The van der Waals surface area contributed by atoms with Crippen LogP contribution in [0, 0.1) is 41.4 Å². The van der Waals surface area contributed by atoms with E-state index in [2.05, 4.69) is 38.5 Å². The molecule has 0 aromatic heterocycles. The minimum Gasteiger partial charge on any atom is -0.393 e. The van der Waals surface area contributed by atoms with Crippen molar-refractivity contribution >= 4 is 0 Å². The lowest BCUT2D eigenvalue weighted by molar-refractivity contribution is 0.0567. The molecule has 3 N–H and O–H groups in total. The highest BCUT2D eigenvalue weighted by atomic mass is 16.3. The predicted molar refractivity (Wildman–Crippen MR) is 132 cm³/mol. The first-order chi connectivity index (χ1) is 14.9. The molecule has 3 rings (SSSR count). The first kappa shape index (κ1) is 25.3. The van der Waals surface area contributed by atoms with Crippen molar-refractivity contribution in [2.24, 2.45) is 29.1 Å². The van der Waals surface area contributed by atoms with E-state index >= 15 is 0 Å². The van der Waals surface area contributed by atoms with Gasteiger partial charge in [0.05, 0.1) is 17.8 Å². The van der Waals surface area contributed by atoms with E-state index in [1.165, 1.54) is 18.4 Å². The molecule has 0 spiro atoms. The van der Waals surface area contributed by atoms with Crippen LogP contribution in [-0.2, 0) is 0 Å². The van der Waals surface area contributed by atoms with Crippen molar-refractivity contribution in [3.8, 4) is 12.3 Å². The second-order valence-corrected chi connectivity index (χ2v) is 11.8. The number of rotatable bonds is 6. The maximum atomic E-state index is 10.2.